The molecule has 0 fully saturated rings. The van der Waals surface area contributed by atoms with Crippen LogP contribution in [0.25, 0.3) is 0 Å². The Morgan fingerprint density at radius 1 is 1.16 bits per heavy atom. The molecule has 1 amide bonds. The first-order valence-electron chi connectivity index (χ1n) is 8.15. The van der Waals surface area contributed by atoms with Crippen molar-refractivity contribution in [1.29, 1.82) is 0 Å². The van der Waals surface area contributed by atoms with E-state index in [-0.39, 0.29) is 18.4 Å². The van der Waals surface area contributed by atoms with E-state index < -0.39 is 5.97 Å². The fourth-order valence-corrected chi connectivity index (χ4v) is 2.48. The molecule has 0 aliphatic rings. The van der Waals surface area contributed by atoms with E-state index in [1.165, 1.54) is 6.20 Å². The number of hydrogen-bond donors (Lipinski definition) is 2. The zero-order valence-corrected chi connectivity index (χ0v) is 14.5. The Morgan fingerprint density at radius 2 is 1.88 bits per heavy atom. The van der Waals surface area contributed by atoms with Crippen LogP contribution in [0.5, 0.6) is 0 Å². The maximum atomic E-state index is 12.5. The molecule has 0 radical (unpaired) electrons. The number of nitrogens with one attached hydrogen (secondary N) is 1. The summed E-state index contributed by atoms with van der Waals surface area (Å²) >= 11 is 0. The van der Waals surface area contributed by atoms with Crippen molar-refractivity contribution in [2.75, 3.05) is 19.0 Å². The average Bonchev–Trinajstić information content (AvgIpc) is 2.60. The van der Waals surface area contributed by atoms with Crippen LogP contribution in [0.1, 0.15) is 28.8 Å². The highest BCUT2D eigenvalue weighted by Gasteiger charge is 2.16. The van der Waals surface area contributed by atoms with Crippen molar-refractivity contribution < 1.29 is 14.7 Å². The van der Waals surface area contributed by atoms with Gasteiger partial charge in [0.05, 0.1) is 5.56 Å². The fraction of sp³-hybridized carbons (Fsp3) is 0.316. The number of hydrogen-bond acceptors (Lipinski definition) is 4. The summed E-state index contributed by atoms with van der Waals surface area (Å²) in [4.78, 5) is 29.4. The molecule has 132 valence electrons. The molecular weight excluding hydrogens is 318 g/mol. The van der Waals surface area contributed by atoms with E-state index >= 15 is 0 Å². The van der Waals surface area contributed by atoms with Crippen molar-refractivity contribution in [2.45, 2.75) is 25.3 Å². The average molecular weight is 341 g/mol. The topological polar surface area (TPSA) is 82.5 Å². The van der Waals surface area contributed by atoms with Crippen LogP contribution in [-0.4, -0.2) is 42.1 Å². The minimum atomic E-state index is -0.871. The molecule has 2 N–H and O–H groups in total. The van der Waals surface area contributed by atoms with Crippen LogP contribution in [0.15, 0.2) is 48.7 Å². The summed E-state index contributed by atoms with van der Waals surface area (Å²) in [5.41, 5.74) is 1.51. The number of aliphatic carboxylic acids is 1. The Labute approximate surface area is 147 Å². The molecule has 0 spiro atoms. The lowest BCUT2D eigenvalue weighted by Crippen LogP contribution is -2.37. The van der Waals surface area contributed by atoms with E-state index in [0.717, 1.165) is 11.4 Å². The number of benzene rings is 1. The monoisotopic (exact) mass is 341 g/mol. The van der Waals surface area contributed by atoms with Gasteiger partial charge in [-0.3, -0.25) is 9.59 Å². The number of amides is 1. The lowest BCUT2D eigenvalue weighted by Gasteiger charge is -2.18. The largest absolute Gasteiger partial charge is 0.481 e. The predicted molar refractivity (Wildman–Crippen MR) is 96.8 cm³/mol. The first-order chi connectivity index (χ1) is 12.0. The van der Waals surface area contributed by atoms with Gasteiger partial charge in [0.1, 0.15) is 5.82 Å². The molecule has 0 aliphatic carbocycles. The van der Waals surface area contributed by atoms with Crippen molar-refractivity contribution in [3.05, 3.63) is 59.8 Å². The number of carboxylic acid groups (broad SMARTS) is 1. The van der Waals surface area contributed by atoms with Gasteiger partial charge in [0.2, 0.25) is 0 Å². The Bertz CT molecular complexity index is 700. The number of aromatic nitrogens is 1. The summed E-state index contributed by atoms with van der Waals surface area (Å²) in [6.07, 6.45) is 2.50. The lowest BCUT2D eigenvalue weighted by molar-refractivity contribution is -0.137. The second kappa shape index (κ2) is 8.82. The molecule has 25 heavy (non-hydrogen) atoms. The van der Waals surface area contributed by atoms with Gasteiger partial charge in [-0.05, 0) is 30.5 Å². The third-order valence-corrected chi connectivity index (χ3v) is 3.84. The number of nitrogens with zero attached hydrogens (tertiary/aromatic N) is 2. The summed E-state index contributed by atoms with van der Waals surface area (Å²) < 4.78 is 0. The van der Waals surface area contributed by atoms with Gasteiger partial charge in [0.15, 0.2) is 0 Å². The van der Waals surface area contributed by atoms with Crippen LogP contribution in [-0.2, 0) is 11.2 Å². The molecule has 6 nitrogen and oxygen atoms in total. The van der Waals surface area contributed by atoms with Gasteiger partial charge in [0, 0.05) is 32.8 Å². The van der Waals surface area contributed by atoms with Gasteiger partial charge < -0.3 is 15.3 Å². The molecule has 0 bridgehead atoms. The summed E-state index contributed by atoms with van der Waals surface area (Å²) in [6.45, 7) is 0. The van der Waals surface area contributed by atoms with E-state index in [9.17, 15) is 9.59 Å². The molecule has 1 aromatic heterocycles. The Hall–Kier alpha value is -2.89. The number of carbonyl (C=O) groups excluding carboxylic acids is 1. The van der Waals surface area contributed by atoms with Crippen LogP contribution in [0.4, 0.5) is 5.82 Å². The minimum Gasteiger partial charge on any atom is -0.481 e. The third-order valence-electron chi connectivity index (χ3n) is 3.84. The van der Waals surface area contributed by atoms with Gasteiger partial charge in [-0.2, -0.15) is 0 Å². The van der Waals surface area contributed by atoms with Crippen molar-refractivity contribution in [1.82, 2.24) is 10.3 Å². The second-order valence-corrected chi connectivity index (χ2v) is 6.09. The first kappa shape index (κ1) is 18.4. The van der Waals surface area contributed by atoms with Crippen LogP contribution in [0.2, 0.25) is 0 Å². The van der Waals surface area contributed by atoms with E-state index in [4.69, 9.17) is 5.11 Å². The summed E-state index contributed by atoms with van der Waals surface area (Å²) in [6, 6.07) is 12.9. The maximum Gasteiger partial charge on any atom is 0.303 e. The Kier molecular flexibility index (Phi) is 6.51. The van der Waals surface area contributed by atoms with Crippen LogP contribution >= 0.6 is 0 Å². The number of carbonyl (C=O) groups is 2. The zero-order chi connectivity index (χ0) is 18.2. The molecule has 2 aromatic rings. The van der Waals surface area contributed by atoms with Crippen LogP contribution in [0.3, 0.4) is 0 Å². The van der Waals surface area contributed by atoms with Crippen LogP contribution < -0.4 is 10.2 Å². The molecule has 2 rings (SSSR count). The van der Waals surface area contributed by atoms with E-state index in [0.29, 0.717) is 18.4 Å². The van der Waals surface area contributed by atoms with Gasteiger partial charge in [-0.1, -0.05) is 30.3 Å². The third kappa shape index (κ3) is 5.91. The van der Waals surface area contributed by atoms with E-state index in [1.807, 2.05) is 49.3 Å². The van der Waals surface area contributed by atoms with Gasteiger partial charge in [-0.25, -0.2) is 4.98 Å². The minimum absolute atomic E-state index is 0.00952. The normalized spacial score (nSPS) is 11.6. The number of rotatable bonds is 8. The summed E-state index contributed by atoms with van der Waals surface area (Å²) in [5, 5.41) is 11.9. The van der Waals surface area contributed by atoms with Crippen molar-refractivity contribution in [2.24, 2.45) is 0 Å². The van der Waals surface area contributed by atoms with E-state index in [1.54, 1.807) is 12.1 Å². The molecule has 0 saturated heterocycles. The predicted octanol–water partition coefficient (Wildman–Crippen LogP) is 2.35. The Morgan fingerprint density at radius 3 is 2.44 bits per heavy atom. The van der Waals surface area contributed by atoms with Gasteiger partial charge >= 0.3 is 5.97 Å². The fourth-order valence-electron chi connectivity index (χ4n) is 2.48. The molecule has 1 unspecified atom stereocenters. The quantitative estimate of drug-likeness (QED) is 0.770. The molecular formula is C19H23N3O3. The molecule has 1 aromatic carbocycles. The summed E-state index contributed by atoms with van der Waals surface area (Å²) in [5.74, 6) is -0.350. The van der Waals surface area contributed by atoms with Gasteiger partial charge in [-0.15, -0.1) is 0 Å². The Balaban J connectivity index is 2.05. The number of pyridine rings is 1. The molecule has 0 saturated carbocycles. The highest BCUT2D eigenvalue weighted by molar-refractivity contribution is 5.94. The molecule has 1 atom stereocenters. The SMILES string of the molecule is CN(C)c1ccc(C(=O)NC(CCC(=O)O)Cc2ccccc2)cn1. The standard InChI is InChI=1S/C19H23N3O3/c1-22(2)17-10-8-15(13-20-17)19(25)21-16(9-11-18(23)24)12-14-6-4-3-5-7-14/h3-8,10,13,16H,9,11-12H2,1-2H3,(H,21,25)(H,23,24). The lowest BCUT2D eigenvalue weighted by atomic mass is 10.0. The maximum absolute atomic E-state index is 12.5. The van der Waals surface area contributed by atoms with Crippen molar-refractivity contribution in [3.8, 4) is 0 Å². The number of anilines is 1. The zero-order valence-electron chi connectivity index (χ0n) is 14.5. The molecule has 6 heteroatoms. The van der Waals surface area contributed by atoms with Crippen molar-refractivity contribution in [3.63, 3.8) is 0 Å². The first-order valence-corrected chi connectivity index (χ1v) is 8.15. The highest BCUT2D eigenvalue weighted by atomic mass is 16.4. The van der Waals surface area contributed by atoms with Crippen molar-refractivity contribution >= 4 is 17.7 Å². The molecule has 1 heterocycles. The van der Waals surface area contributed by atoms with Gasteiger partial charge in [0.25, 0.3) is 5.91 Å². The number of carboxylic acids is 1. The van der Waals surface area contributed by atoms with Crippen LogP contribution in [0, 0.1) is 0 Å². The molecule has 0 aliphatic heterocycles. The summed E-state index contributed by atoms with van der Waals surface area (Å²) in [7, 11) is 3.76. The highest BCUT2D eigenvalue weighted by Crippen LogP contribution is 2.11. The van der Waals surface area contributed by atoms with E-state index in [2.05, 4.69) is 10.3 Å². The smallest absolute Gasteiger partial charge is 0.303 e. The second-order valence-electron chi connectivity index (χ2n) is 6.09.